The Labute approximate surface area is 231 Å². The van der Waals surface area contributed by atoms with Crippen molar-refractivity contribution in [3.05, 3.63) is 71.3 Å². The zero-order chi connectivity index (χ0) is 28.1. The molecule has 11 nitrogen and oxygen atoms in total. The summed E-state index contributed by atoms with van der Waals surface area (Å²) in [6.45, 7) is 2.91. The summed E-state index contributed by atoms with van der Waals surface area (Å²) in [5.41, 5.74) is 5.34. The van der Waals surface area contributed by atoms with E-state index in [1.165, 1.54) is 12.0 Å². The molecular formula is C29H30N8O3. The molecule has 2 aromatic carbocycles. The van der Waals surface area contributed by atoms with Crippen LogP contribution in [0.2, 0.25) is 0 Å². The Morgan fingerprint density at radius 2 is 1.93 bits per heavy atom. The number of methoxy groups -OCH3 is 1. The summed E-state index contributed by atoms with van der Waals surface area (Å²) in [4.78, 5) is 32.3. The maximum Gasteiger partial charge on any atom is 0.334 e. The van der Waals surface area contributed by atoms with E-state index in [4.69, 9.17) is 15.0 Å². The molecule has 5 rings (SSSR count). The number of tetrazole rings is 1. The third-order valence-electron chi connectivity index (χ3n) is 7.17. The highest BCUT2D eigenvalue weighted by molar-refractivity contribution is 5.87. The predicted molar refractivity (Wildman–Crippen MR) is 145 cm³/mol. The number of benzene rings is 2. The zero-order valence-electron chi connectivity index (χ0n) is 22.5. The minimum absolute atomic E-state index is 0.299. The van der Waals surface area contributed by atoms with E-state index in [1.807, 2.05) is 54.6 Å². The summed E-state index contributed by atoms with van der Waals surface area (Å²) in [6.07, 6.45) is 2.91. The Kier molecular flexibility index (Phi) is 7.96. The van der Waals surface area contributed by atoms with Gasteiger partial charge >= 0.3 is 5.97 Å². The zero-order valence-corrected chi connectivity index (χ0v) is 22.5. The number of amides is 1. The van der Waals surface area contributed by atoms with E-state index in [0.717, 1.165) is 53.0 Å². The molecule has 1 atom stereocenters. The van der Waals surface area contributed by atoms with Gasteiger partial charge < -0.3 is 14.2 Å². The van der Waals surface area contributed by atoms with Gasteiger partial charge in [0.1, 0.15) is 12.2 Å². The predicted octanol–water partition coefficient (Wildman–Crippen LogP) is 3.63. The summed E-state index contributed by atoms with van der Waals surface area (Å²) in [5, 5.41) is 23.6. The molecule has 4 aromatic rings. The summed E-state index contributed by atoms with van der Waals surface area (Å²) in [6, 6.07) is 17.0. The summed E-state index contributed by atoms with van der Waals surface area (Å²) < 4.78 is 7.19. The molecule has 2 aromatic heterocycles. The molecule has 1 aliphatic heterocycles. The molecule has 0 bridgehead atoms. The van der Waals surface area contributed by atoms with Crippen molar-refractivity contribution in [2.75, 3.05) is 13.7 Å². The first-order valence-corrected chi connectivity index (χ1v) is 13.3. The van der Waals surface area contributed by atoms with Gasteiger partial charge in [0, 0.05) is 31.5 Å². The maximum atomic E-state index is 13.1. The monoisotopic (exact) mass is 538 g/mol. The Morgan fingerprint density at radius 3 is 2.60 bits per heavy atom. The largest absolute Gasteiger partial charge is 0.467 e. The quantitative estimate of drug-likeness (QED) is 0.318. The SMILES string of the molecule is CCCCc1nc2c(n1Cc1ccc(-c3ccccc3-c3nn[nH]n3)cc1)C(C(=O)OC)N(C(=O)CC#N)CC2. The number of imidazole rings is 1. The topological polar surface area (TPSA) is 143 Å². The number of rotatable bonds is 9. The number of aryl methyl sites for hydroxylation is 1. The van der Waals surface area contributed by atoms with Gasteiger partial charge in [-0.15, -0.1) is 10.2 Å². The second-order valence-electron chi connectivity index (χ2n) is 9.63. The fourth-order valence-corrected chi connectivity index (χ4v) is 5.23. The van der Waals surface area contributed by atoms with E-state index in [9.17, 15) is 9.59 Å². The van der Waals surface area contributed by atoms with Crippen LogP contribution in [-0.2, 0) is 33.7 Å². The lowest BCUT2D eigenvalue weighted by atomic mass is 9.98. The van der Waals surface area contributed by atoms with Crippen molar-refractivity contribution in [3.63, 3.8) is 0 Å². The third-order valence-corrected chi connectivity index (χ3v) is 7.17. The van der Waals surface area contributed by atoms with Crippen molar-refractivity contribution in [1.29, 1.82) is 5.26 Å². The number of H-pyrrole nitrogens is 1. The van der Waals surface area contributed by atoms with Gasteiger partial charge in [-0.3, -0.25) is 4.79 Å². The average molecular weight is 539 g/mol. The number of carbonyl (C=O) groups excluding carboxylic acids is 2. The summed E-state index contributed by atoms with van der Waals surface area (Å²) >= 11 is 0. The first-order chi connectivity index (χ1) is 19.5. The van der Waals surface area contributed by atoms with Crippen LogP contribution < -0.4 is 0 Å². The van der Waals surface area contributed by atoms with Gasteiger partial charge in [0.25, 0.3) is 0 Å². The highest BCUT2D eigenvalue weighted by Gasteiger charge is 2.40. The van der Waals surface area contributed by atoms with Crippen LogP contribution in [-0.4, -0.2) is 60.6 Å². The molecule has 0 spiro atoms. The van der Waals surface area contributed by atoms with Crippen molar-refractivity contribution in [1.82, 2.24) is 35.1 Å². The number of hydrogen-bond donors (Lipinski definition) is 1. The molecule has 1 amide bonds. The van der Waals surface area contributed by atoms with Crippen LogP contribution in [0.5, 0.6) is 0 Å². The number of nitrogens with zero attached hydrogens (tertiary/aromatic N) is 7. The van der Waals surface area contributed by atoms with Crippen molar-refractivity contribution >= 4 is 11.9 Å². The van der Waals surface area contributed by atoms with Crippen molar-refractivity contribution in [2.24, 2.45) is 0 Å². The highest BCUT2D eigenvalue weighted by Crippen LogP contribution is 2.34. The fraction of sp³-hybridized carbons (Fsp3) is 0.345. The van der Waals surface area contributed by atoms with E-state index < -0.39 is 17.9 Å². The molecule has 1 N–H and O–H groups in total. The van der Waals surface area contributed by atoms with Crippen LogP contribution in [0.25, 0.3) is 22.5 Å². The molecular weight excluding hydrogens is 508 g/mol. The number of ether oxygens (including phenoxy) is 1. The number of fused-ring (bicyclic) bond motifs is 1. The van der Waals surface area contributed by atoms with E-state index in [0.29, 0.717) is 31.0 Å². The third kappa shape index (κ3) is 5.20. The Bertz CT molecular complexity index is 1540. The number of nitriles is 1. The first kappa shape index (κ1) is 26.7. The van der Waals surface area contributed by atoms with Gasteiger partial charge in [0.2, 0.25) is 11.7 Å². The van der Waals surface area contributed by atoms with Crippen LogP contribution in [0.3, 0.4) is 0 Å². The number of nitrogens with one attached hydrogen (secondary N) is 1. The molecule has 0 radical (unpaired) electrons. The Balaban J connectivity index is 1.52. The summed E-state index contributed by atoms with van der Waals surface area (Å²) in [5.74, 6) is 0.469. The molecule has 0 saturated carbocycles. The lowest BCUT2D eigenvalue weighted by Crippen LogP contribution is -2.44. The van der Waals surface area contributed by atoms with Gasteiger partial charge in [-0.2, -0.15) is 10.5 Å². The molecule has 0 aliphatic carbocycles. The second-order valence-corrected chi connectivity index (χ2v) is 9.63. The molecule has 0 saturated heterocycles. The lowest BCUT2D eigenvalue weighted by Gasteiger charge is -2.34. The number of esters is 1. The number of carbonyl (C=O) groups is 2. The van der Waals surface area contributed by atoms with Crippen molar-refractivity contribution in [2.45, 2.75) is 51.6 Å². The van der Waals surface area contributed by atoms with Crippen LogP contribution in [0.4, 0.5) is 0 Å². The van der Waals surface area contributed by atoms with Gasteiger partial charge in [0.15, 0.2) is 6.04 Å². The van der Waals surface area contributed by atoms with Crippen LogP contribution >= 0.6 is 0 Å². The van der Waals surface area contributed by atoms with E-state index in [-0.39, 0.29) is 6.42 Å². The van der Waals surface area contributed by atoms with E-state index in [2.05, 4.69) is 32.1 Å². The minimum Gasteiger partial charge on any atom is -0.467 e. The van der Waals surface area contributed by atoms with Gasteiger partial charge in [-0.05, 0) is 28.3 Å². The summed E-state index contributed by atoms with van der Waals surface area (Å²) in [7, 11) is 1.31. The molecule has 204 valence electrons. The Hall–Kier alpha value is -4.85. The number of unbranched alkanes of at least 4 members (excludes halogenated alkanes) is 1. The van der Waals surface area contributed by atoms with Gasteiger partial charge in [-0.1, -0.05) is 61.9 Å². The minimum atomic E-state index is -0.946. The number of aromatic nitrogens is 6. The molecule has 1 aliphatic rings. The van der Waals surface area contributed by atoms with Gasteiger partial charge in [-0.25, -0.2) is 9.78 Å². The standard InChI is InChI=1S/C29H30N8O3/c1-3-4-9-24-31-23-15-17-36(25(38)14-16-30)27(29(39)40-2)26(23)37(24)18-19-10-12-20(13-11-19)21-7-5-6-8-22(21)28-32-34-35-33-28/h5-8,10-13,27H,3-4,9,14-15,17-18H2,1-2H3,(H,32,33,34,35). The van der Waals surface area contributed by atoms with Crippen molar-refractivity contribution in [3.8, 4) is 28.6 Å². The van der Waals surface area contributed by atoms with Crippen LogP contribution in [0, 0.1) is 11.3 Å². The fourth-order valence-electron chi connectivity index (χ4n) is 5.23. The molecule has 1 unspecified atom stereocenters. The average Bonchev–Trinajstić information content (AvgIpc) is 3.64. The van der Waals surface area contributed by atoms with Crippen LogP contribution in [0.15, 0.2) is 48.5 Å². The number of aromatic amines is 1. The van der Waals surface area contributed by atoms with E-state index in [1.54, 1.807) is 0 Å². The highest BCUT2D eigenvalue weighted by atomic mass is 16.5. The molecule has 11 heteroatoms. The molecule has 40 heavy (non-hydrogen) atoms. The van der Waals surface area contributed by atoms with Gasteiger partial charge in [0.05, 0.1) is 24.6 Å². The maximum absolute atomic E-state index is 13.1. The normalized spacial score (nSPS) is 14.4. The smallest absolute Gasteiger partial charge is 0.334 e. The van der Waals surface area contributed by atoms with Crippen molar-refractivity contribution < 1.29 is 14.3 Å². The lowest BCUT2D eigenvalue weighted by molar-refractivity contribution is -0.153. The second kappa shape index (κ2) is 11.9. The molecule has 3 heterocycles. The number of hydrogen-bond acceptors (Lipinski definition) is 8. The first-order valence-electron chi connectivity index (χ1n) is 13.3. The molecule has 0 fully saturated rings. The Morgan fingerprint density at radius 1 is 1.15 bits per heavy atom. The van der Waals surface area contributed by atoms with Crippen LogP contribution in [0.1, 0.15) is 55.0 Å². The van der Waals surface area contributed by atoms with E-state index >= 15 is 0 Å².